The SMILES string of the molecule is CCC(F)c1nc2ccc(-n3nccc3N)cc2[nH]1. The molecule has 0 spiro atoms. The molecule has 0 aliphatic heterocycles. The number of benzene rings is 1. The molecule has 3 aromatic rings. The fourth-order valence-corrected chi connectivity index (χ4v) is 2.02. The lowest BCUT2D eigenvalue weighted by molar-refractivity contribution is 0.321. The highest BCUT2D eigenvalue weighted by Gasteiger charge is 2.13. The van der Waals surface area contributed by atoms with Crippen molar-refractivity contribution in [2.75, 3.05) is 5.73 Å². The van der Waals surface area contributed by atoms with E-state index in [1.807, 2.05) is 18.2 Å². The van der Waals surface area contributed by atoms with E-state index in [0.717, 1.165) is 16.7 Å². The second-order valence-corrected chi connectivity index (χ2v) is 4.37. The minimum absolute atomic E-state index is 0.364. The van der Waals surface area contributed by atoms with Gasteiger partial charge in [0.25, 0.3) is 0 Å². The topological polar surface area (TPSA) is 72.5 Å². The van der Waals surface area contributed by atoms with Crippen LogP contribution >= 0.6 is 0 Å². The Morgan fingerprint density at radius 1 is 1.42 bits per heavy atom. The number of halogens is 1. The Morgan fingerprint density at radius 3 is 2.95 bits per heavy atom. The Labute approximate surface area is 109 Å². The quantitative estimate of drug-likeness (QED) is 0.759. The lowest BCUT2D eigenvalue weighted by Gasteiger charge is -2.03. The van der Waals surface area contributed by atoms with Crippen LogP contribution in [0.3, 0.4) is 0 Å². The monoisotopic (exact) mass is 259 g/mol. The zero-order valence-corrected chi connectivity index (χ0v) is 10.5. The molecule has 3 N–H and O–H groups in total. The van der Waals surface area contributed by atoms with Crippen LogP contribution < -0.4 is 5.73 Å². The molecule has 2 aromatic heterocycles. The molecule has 0 amide bonds. The van der Waals surface area contributed by atoms with E-state index in [1.54, 1.807) is 23.9 Å². The van der Waals surface area contributed by atoms with E-state index >= 15 is 0 Å². The molecule has 6 heteroatoms. The number of hydrogen-bond acceptors (Lipinski definition) is 3. The zero-order valence-electron chi connectivity index (χ0n) is 10.5. The van der Waals surface area contributed by atoms with Crippen molar-refractivity contribution in [2.24, 2.45) is 0 Å². The van der Waals surface area contributed by atoms with Crippen LogP contribution in [-0.2, 0) is 0 Å². The number of alkyl halides is 1. The molecule has 1 atom stereocenters. The van der Waals surface area contributed by atoms with Crippen LogP contribution in [0.2, 0.25) is 0 Å². The summed E-state index contributed by atoms with van der Waals surface area (Å²) in [5.41, 5.74) is 8.14. The number of nitrogens with zero attached hydrogens (tertiary/aromatic N) is 3. The van der Waals surface area contributed by atoms with Gasteiger partial charge >= 0.3 is 0 Å². The minimum atomic E-state index is -1.06. The van der Waals surface area contributed by atoms with Gasteiger partial charge < -0.3 is 10.7 Å². The van der Waals surface area contributed by atoms with Crippen LogP contribution in [-0.4, -0.2) is 19.7 Å². The average molecular weight is 259 g/mol. The van der Waals surface area contributed by atoms with Crippen molar-refractivity contribution in [2.45, 2.75) is 19.5 Å². The predicted molar refractivity (Wildman–Crippen MR) is 71.8 cm³/mol. The molecule has 0 saturated carbocycles. The summed E-state index contributed by atoms with van der Waals surface area (Å²) in [4.78, 5) is 7.24. The van der Waals surface area contributed by atoms with E-state index in [-0.39, 0.29) is 0 Å². The second kappa shape index (κ2) is 4.38. The van der Waals surface area contributed by atoms with E-state index in [1.165, 1.54) is 0 Å². The first-order valence-electron chi connectivity index (χ1n) is 6.12. The third-order valence-electron chi connectivity index (χ3n) is 3.06. The molecule has 5 nitrogen and oxygen atoms in total. The first-order chi connectivity index (χ1) is 9.19. The smallest absolute Gasteiger partial charge is 0.157 e. The molecule has 19 heavy (non-hydrogen) atoms. The number of hydrogen-bond donors (Lipinski definition) is 2. The molecule has 0 aliphatic rings. The molecule has 0 bridgehead atoms. The summed E-state index contributed by atoms with van der Waals surface area (Å²) in [5.74, 6) is 0.916. The van der Waals surface area contributed by atoms with Crippen LogP contribution in [0, 0.1) is 0 Å². The van der Waals surface area contributed by atoms with Gasteiger partial charge in [0.05, 0.1) is 22.9 Å². The summed E-state index contributed by atoms with van der Waals surface area (Å²) in [6, 6.07) is 7.26. The maximum Gasteiger partial charge on any atom is 0.157 e. The van der Waals surface area contributed by atoms with Gasteiger partial charge in [-0.25, -0.2) is 14.1 Å². The van der Waals surface area contributed by atoms with Gasteiger partial charge in [-0.05, 0) is 24.6 Å². The van der Waals surface area contributed by atoms with Crippen molar-refractivity contribution in [1.82, 2.24) is 19.7 Å². The number of fused-ring (bicyclic) bond motifs is 1. The fraction of sp³-hybridized carbons (Fsp3) is 0.231. The van der Waals surface area contributed by atoms with Crippen molar-refractivity contribution < 1.29 is 4.39 Å². The van der Waals surface area contributed by atoms with Gasteiger partial charge in [0.1, 0.15) is 11.6 Å². The first-order valence-corrected chi connectivity index (χ1v) is 6.12. The molecular formula is C13H14FN5. The molecule has 0 radical (unpaired) electrons. The molecule has 1 unspecified atom stereocenters. The Bertz CT molecular complexity index is 715. The Morgan fingerprint density at radius 2 is 2.26 bits per heavy atom. The summed E-state index contributed by atoms with van der Waals surface area (Å²) in [5, 5.41) is 4.13. The predicted octanol–water partition coefficient (Wildman–Crippen LogP) is 2.75. The van der Waals surface area contributed by atoms with Crippen molar-refractivity contribution in [3.8, 4) is 5.69 Å². The number of nitrogens with one attached hydrogen (secondary N) is 1. The summed E-state index contributed by atoms with van der Waals surface area (Å²) >= 11 is 0. The number of imidazole rings is 1. The molecule has 0 saturated heterocycles. The molecule has 0 aliphatic carbocycles. The van der Waals surface area contributed by atoms with E-state index in [0.29, 0.717) is 18.1 Å². The Balaban J connectivity index is 2.08. The van der Waals surface area contributed by atoms with Crippen molar-refractivity contribution in [3.63, 3.8) is 0 Å². The number of aromatic nitrogens is 4. The largest absolute Gasteiger partial charge is 0.384 e. The molecular weight excluding hydrogens is 245 g/mol. The van der Waals surface area contributed by atoms with Crippen molar-refractivity contribution >= 4 is 16.9 Å². The highest BCUT2D eigenvalue weighted by Crippen LogP contribution is 2.23. The summed E-state index contributed by atoms with van der Waals surface area (Å²) in [6.07, 6.45) is 0.969. The van der Waals surface area contributed by atoms with Crippen molar-refractivity contribution in [1.29, 1.82) is 0 Å². The van der Waals surface area contributed by atoms with E-state index < -0.39 is 6.17 Å². The molecule has 0 fully saturated rings. The minimum Gasteiger partial charge on any atom is -0.384 e. The summed E-state index contributed by atoms with van der Waals surface area (Å²) in [7, 11) is 0. The number of H-pyrrole nitrogens is 1. The normalized spacial score (nSPS) is 12.9. The standard InChI is InChI=1S/C13H14FN5/c1-2-9(14)13-17-10-4-3-8(7-11(10)18-13)19-12(15)5-6-16-19/h3-7,9H,2,15H2,1H3,(H,17,18). The summed E-state index contributed by atoms with van der Waals surface area (Å²) < 4.78 is 15.2. The maximum atomic E-state index is 13.6. The van der Waals surface area contributed by atoms with Gasteiger partial charge in [0.2, 0.25) is 0 Å². The van der Waals surface area contributed by atoms with Gasteiger partial charge in [-0.2, -0.15) is 5.10 Å². The first kappa shape index (κ1) is 11.7. The van der Waals surface area contributed by atoms with E-state index in [2.05, 4.69) is 15.1 Å². The Hall–Kier alpha value is -2.37. The lowest BCUT2D eigenvalue weighted by Crippen LogP contribution is -2.01. The maximum absolute atomic E-state index is 13.6. The summed E-state index contributed by atoms with van der Waals surface area (Å²) in [6.45, 7) is 1.79. The third-order valence-corrected chi connectivity index (χ3v) is 3.06. The third kappa shape index (κ3) is 1.95. The van der Waals surface area contributed by atoms with Gasteiger partial charge in [-0.15, -0.1) is 0 Å². The number of nitrogen functional groups attached to an aromatic ring is 1. The van der Waals surface area contributed by atoms with Crippen LogP contribution in [0.25, 0.3) is 16.7 Å². The molecule has 1 aromatic carbocycles. The van der Waals surface area contributed by atoms with Gasteiger partial charge in [-0.3, -0.25) is 0 Å². The van der Waals surface area contributed by atoms with Crippen LogP contribution in [0.1, 0.15) is 25.3 Å². The van der Waals surface area contributed by atoms with Crippen LogP contribution in [0.15, 0.2) is 30.5 Å². The molecule has 3 rings (SSSR count). The second-order valence-electron chi connectivity index (χ2n) is 4.37. The molecule has 98 valence electrons. The average Bonchev–Trinajstić information content (AvgIpc) is 3.02. The van der Waals surface area contributed by atoms with E-state index in [4.69, 9.17) is 5.73 Å². The van der Waals surface area contributed by atoms with Gasteiger partial charge in [0, 0.05) is 6.07 Å². The number of aromatic amines is 1. The highest BCUT2D eigenvalue weighted by molar-refractivity contribution is 5.77. The van der Waals surface area contributed by atoms with Gasteiger partial charge in [-0.1, -0.05) is 6.92 Å². The van der Waals surface area contributed by atoms with Crippen LogP contribution in [0.4, 0.5) is 10.2 Å². The van der Waals surface area contributed by atoms with E-state index in [9.17, 15) is 4.39 Å². The van der Waals surface area contributed by atoms with Gasteiger partial charge in [0.15, 0.2) is 6.17 Å². The Kier molecular flexibility index (Phi) is 2.70. The van der Waals surface area contributed by atoms with Crippen LogP contribution in [0.5, 0.6) is 0 Å². The number of rotatable bonds is 3. The number of nitrogens with two attached hydrogens (primary N) is 1. The lowest BCUT2D eigenvalue weighted by atomic mass is 10.3. The fourth-order valence-electron chi connectivity index (χ4n) is 2.02. The highest BCUT2D eigenvalue weighted by atomic mass is 19.1. The van der Waals surface area contributed by atoms with Crippen molar-refractivity contribution in [3.05, 3.63) is 36.3 Å². The zero-order chi connectivity index (χ0) is 13.4. The number of anilines is 1. The molecule has 2 heterocycles.